The quantitative estimate of drug-likeness (QED) is 0.512. The lowest BCUT2D eigenvalue weighted by Crippen LogP contribution is -2.02. The van der Waals surface area contributed by atoms with E-state index >= 15 is 0 Å². The Kier molecular flexibility index (Phi) is 3.56. The fourth-order valence-corrected chi connectivity index (χ4v) is 1.66. The van der Waals surface area contributed by atoms with Crippen molar-refractivity contribution in [3.8, 4) is 0 Å². The summed E-state index contributed by atoms with van der Waals surface area (Å²) in [4.78, 5) is 0. The Balaban J connectivity index is 2.19. The van der Waals surface area contributed by atoms with Crippen LogP contribution in [0.5, 0.6) is 0 Å². The normalized spacial score (nSPS) is 22.1. The Bertz CT molecular complexity index is 96.6. The third kappa shape index (κ3) is 2.55. The number of allylic oxidation sites excluding steroid dienone is 2. The van der Waals surface area contributed by atoms with Crippen LogP contribution in [-0.4, -0.2) is 0 Å². The highest BCUT2D eigenvalue weighted by molar-refractivity contribution is 4.88. The molecule has 0 nitrogen and oxygen atoms in total. The summed E-state index contributed by atoms with van der Waals surface area (Å²) in [6, 6.07) is 0. The third-order valence-corrected chi connectivity index (χ3v) is 2.29. The van der Waals surface area contributed by atoms with Crippen LogP contribution in [0.3, 0.4) is 0 Å². The van der Waals surface area contributed by atoms with Crippen molar-refractivity contribution >= 4 is 0 Å². The SMILES string of the molecule is CC/C=C\C1CCCCC1. The number of hydrogen-bond acceptors (Lipinski definition) is 0. The van der Waals surface area contributed by atoms with Gasteiger partial charge in [0.25, 0.3) is 0 Å². The van der Waals surface area contributed by atoms with Gasteiger partial charge in [0.2, 0.25) is 0 Å². The first-order chi connectivity index (χ1) is 4.93. The Hall–Kier alpha value is -0.260. The van der Waals surface area contributed by atoms with Crippen molar-refractivity contribution in [3.05, 3.63) is 12.2 Å². The van der Waals surface area contributed by atoms with Gasteiger partial charge in [-0.15, -0.1) is 0 Å². The average Bonchev–Trinajstić information content (AvgIpc) is 2.03. The van der Waals surface area contributed by atoms with Gasteiger partial charge >= 0.3 is 0 Å². The molecule has 0 spiro atoms. The molecule has 1 saturated carbocycles. The lowest BCUT2D eigenvalue weighted by atomic mass is 9.89. The van der Waals surface area contributed by atoms with Gasteiger partial charge in [0.05, 0.1) is 0 Å². The smallest absolute Gasteiger partial charge is 0.0234 e. The van der Waals surface area contributed by atoms with Crippen LogP contribution in [-0.2, 0) is 0 Å². The van der Waals surface area contributed by atoms with E-state index in [0.717, 1.165) is 5.92 Å². The van der Waals surface area contributed by atoms with Gasteiger partial charge in [-0.05, 0) is 25.2 Å². The summed E-state index contributed by atoms with van der Waals surface area (Å²) in [6.45, 7) is 2.21. The Morgan fingerprint density at radius 1 is 1.20 bits per heavy atom. The summed E-state index contributed by atoms with van der Waals surface area (Å²) in [6.07, 6.45) is 13.2. The van der Waals surface area contributed by atoms with Crippen LogP contribution in [0.1, 0.15) is 45.4 Å². The second-order valence-electron chi connectivity index (χ2n) is 3.23. The molecule has 10 heavy (non-hydrogen) atoms. The maximum absolute atomic E-state index is 2.42. The van der Waals surface area contributed by atoms with Crippen LogP contribution in [0.25, 0.3) is 0 Å². The molecule has 0 atom stereocenters. The largest absolute Gasteiger partial charge is 0.0885 e. The third-order valence-electron chi connectivity index (χ3n) is 2.29. The molecule has 0 aromatic carbocycles. The van der Waals surface area contributed by atoms with Crippen molar-refractivity contribution in [2.45, 2.75) is 45.4 Å². The maximum Gasteiger partial charge on any atom is -0.0234 e. The van der Waals surface area contributed by atoms with Crippen LogP contribution < -0.4 is 0 Å². The molecule has 1 aliphatic carbocycles. The van der Waals surface area contributed by atoms with Crippen molar-refractivity contribution in [2.75, 3.05) is 0 Å². The second kappa shape index (κ2) is 4.54. The molecule has 1 aliphatic rings. The van der Waals surface area contributed by atoms with E-state index in [2.05, 4.69) is 19.1 Å². The lowest BCUT2D eigenvalue weighted by molar-refractivity contribution is 0.419. The zero-order chi connectivity index (χ0) is 7.23. The van der Waals surface area contributed by atoms with E-state index in [4.69, 9.17) is 0 Å². The van der Waals surface area contributed by atoms with Gasteiger partial charge in [0.15, 0.2) is 0 Å². The van der Waals surface area contributed by atoms with Gasteiger partial charge in [-0.3, -0.25) is 0 Å². The van der Waals surface area contributed by atoms with E-state index in [1.54, 1.807) is 0 Å². The Morgan fingerprint density at radius 2 is 1.90 bits per heavy atom. The Morgan fingerprint density at radius 3 is 2.50 bits per heavy atom. The highest BCUT2D eigenvalue weighted by Crippen LogP contribution is 2.24. The monoisotopic (exact) mass is 138 g/mol. The summed E-state index contributed by atoms with van der Waals surface area (Å²) in [5.74, 6) is 0.925. The Labute approximate surface area is 64.3 Å². The van der Waals surface area contributed by atoms with E-state index in [0.29, 0.717) is 0 Å². The van der Waals surface area contributed by atoms with Gasteiger partial charge < -0.3 is 0 Å². The average molecular weight is 138 g/mol. The molecule has 0 aromatic rings. The molecule has 0 aromatic heterocycles. The molecule has 0 N–H and O–H groups in total. The van der Waals surface area contributed by atoms with E-state index < -0.39 is 0 Å². The fraction of sp³-hybridized carbons (Fsp3) is 0.800. The molecule has 58 valence electrons. The van der Waals surface area contributed by atoms with Gasteiger partial charge in [-0.1, -0.05) is 38.3 Å². The van der Waals surface area contributed by atoms with Crippen molar-refractivity contribution in [3.63, 3.8) is 0 Å². The van der Waals surface area contributed by atoms with E-state index in [-0.39, 0.29) is 0 Å². The van der Waals surface area contributed by atoms with Crippen molar-refractivity contribution < 1.29 is 0 Å². The van der Waals surface area contributed by atoms with Crippen LogP contribution in [0.2, 0.25) is 0 Å². The molecular weight excluding hydrogens is 120 g/mol. The first kappa shape index (κ1) is 7.84. The molecule has 0 heteroatoms. The van der Waals surface area contributed by atoms with E-state index in [1.807, 2.05) is 0 Å². The second-order valence-corrected chi connectivity index (χ2v) is 3.23. The molecule has 0 bridgehead atoms. The van der Waals surface area contributed by atoms with Crippen LogP contribution in [0.15, 0.2) is 12.2 Å². The minimum absolute atomic E-state index is 0.925. The van der Waals surface area contributed by atoms with Crippen LogP contribution in [0.4, 0.5) is 0 Å². The van der Waals surface area contributed by atoms with E-state index in [1.165, 1.54) is 38.5 Å². The predicted molar refractivity (Wildman–Crippen MR) is 46.0 cm³/mol. The first-order valence-corrected chi connectivity index (χ1v) is 4.60. The minimum Gasteiger partial charge on any atom is -0.0885 e. The van der Waals surface area contributed by atoms with E-state index in [9.17, 15) is 0 Å². The molecule has 0 heterocycles. The van der Waals surface area contributed by atoms with Crippen molar-refractivity contribution in [1.29, 1.82) is 0 Å². The zero-order valence-electron chi connectivity index (χ0n) is 6.97. The molecule has 0 saturated heterocycles. The molecule has 0 radical (unpaired) electrons. The molecule has 0 amide bonds. The topological polar surface area (TPSA) is 0 Å². The van der Waals surface area contributed by atoms with Crippen molar-refractivity contribution in [2.24, 2.45) is 5.92 Å². The van der Waals surface area contributed by atoms with Gasteiger partial charge in [-0.25, -0.2) is 0 Å². The van der Waals surface area contributed by atoms with Crippen LogP contribution >= 0.6 is 0 Å². The highest BCUT2D eigenvalue weighted by atomic mass is 14.1. The maximum atomic E-state index is 2.42. The highest BCUT2D eigenvalue weighted by Gasteiger charge is 2.08. The van der Waals surface area contributed by atoms with Crippen molar-refractivity contribution in [1.82, 2.24) is 0 Å². The first-order valence-electron chi connectivity index (χ1n) is 4.60. The zero-order valence-corrected chi connectivity index (χ0v) is 6.97. The van der Waals surface area contributed by atoms with Gasteiger partial charge in [0, 0.05) is 0 Å². The summed E-state index contributed by atoms with van der Waals surface area (Å²) < 4.78 is 0. The summed E-state index contributed by atoms with van der Waals surface area (Å²) >= 11 is 0. The summed E-state index contributed by atoms with van der Waals surface area (Å²) in [5.41, 5.74) is 0. The molecule has 1 fully saturated rings. The standard InChI is InChI=1S/C10H18/c1-2-3-7-10-8-5-4-6-9-10/h3,7,10H,2,4-6,8-9H2,1H3/b7-3-. The lowest BCUT2D eigenvalue weighted by Gasteiger charge is -2.17. The minimum atomic E-state index is 0.925. The summed E-state index contributed by atoms with van der Waals surface area (Å²) in [5, 5.41) is 0. The molecule has 0 aliphatic heterocycles. The predicted octanol–water partition coefficient (Wildman–Crippen LogP) is 3.53. The number of hydrogen-bond donors (Lipinski definition) is 0. The summed E-state index contributed by atoms with van der Waals surface area (Å²) in [7, 11) is 0. The molecule has 0 unspecified atom stereocenters. The fourth-order valence-electron chi connectivity index (χ4n) is 1.66. The molecule has 1 rings (SSSR count). The van der Waals surface area contributed by atoms with Gasteiger partial charge in [-0.2, -0.15) is 0 Å². The molecular formula is C10H18. The van der Waals surface area contributed by atoms with Crippen LogP contribution in [0, 0.1) is 5.92 Å². The van der Waals surface area contributed by atoms with Gasteiger partial charge in [0.1, 0.15) is 0 Å². The number of rotatable bonds is 2.